The number of aromatic amines is 8. The molecule has 0 saturated carbocycles. The Morgan fingerprint density at radius 2 is 0.760 bits per heavy atom. The molecule has 1 atom stereocenters. The predicted molar refractivity (Wildman–Crippen MR) is 485 cm³/mol. The van der Waals surface area contributed by atoms with Crippen molar-refractivity contribution in [3.8, 4) is 51.4 Å². The highest BCUT2D eigenvalue weighted by Crippen LogP contribution is 2.37. The van der Waals surface area contributed by atoms with Gasteiger partial charge in [-0.1, -0.05) is 53.3 Å². The number of likely N-dealkylation sites (tertiary alicyclic amines) is 3. The van der Waals surface area contributed by atoms with Crippen LogP contribution in [0.1, 0.15) is 163 Å². The molecule has 0 spiro atoms. The minimum absolute atomic E-state index is 0.207. The summed E-state index contributed by atoms with van der Waals surface area (Å²) in [5.74, 6) is -0.817. The molecular formula is C90H87Cl4N21O14. The Balaban J connectivity index is 0.000000121. The Bertz CT molecular complexity index is 6740. The quantitative estimate of drug-likeness (QED) is 0.0188. The number of amides is 8. The van der Waals surface area contributed by atoms with Gasteiger partial charge in [0.05, 0.1) is 121 Å². The molecule has 13 aromatic rings. The highest BCUT2D eigenvalue weighted by Gasteiger charge is 2.42. The van der Waals surface area contributed by atoms with Crippen molar-refractivity contribution in [2.75, 3.05) is 106 Å². The van der Waals surface area contributed by atoms with Gasteiger partial charge in [-0.3, -0.25) is 86.8 Å². The molecule has 7 aliphatic rings. The lowest BCUT2D eigenvalue weighted by atomic mass is 10.1. The molecule has 3 saturated heterocycles. The number of aldehydes is 1. The van der Waals surface area contributed by atoms with Gasteiger partial charge in [-0.05, 0) is 216 Å². The molecule has 8 amide bonds. The number of hydrogen-bond acceptors (Lipinski definition) is 23. The Labute approximate surface area is 753 Å². The van der Waals surface area contributed by atoms with E-state index in [9.17, 15) is 62.3 Å². The van der Waals surface area contributed by atoms with Gasteiger partial charge in [-0.2, -0.15) is 0 Å². The lowest BCUT2D eigenvalue weighted by molar-refractivity contribution is 0.0602. The van der Waals surface area contributed by atoms with Gasteiger partial charge in [0.15, 0.2) is 6.29 Å². The van der Waals surface area contributed by atoms with Crippen molar-refractivity contribution in [1.82, 2.24) is 104 Å². The topological polar surface area (TPSA) is 448 Å². The maximum Gasteiger partial charge on any atom is 0.261 e. The molecule has 129 heavy (non-hydrogen) atoms. The Morgan fingerprint density at radius 3 is 1.09 bits per heavy atom. The largest absolute Gasteiger partial charge is 0.480 e. The number of nitrogens with zero attached hydrogens (tertiary/aromatic N) is 13. The number of H-pyrrole nitrogens is 8. The van der Waals surface area contributed by atoms with E-state index in [-0.39, 0.29) is 124 Å². The fourth-order valence-electron chi connectivity index (χ4n) is 17.1. The minimum atomic E-state index is -0.377. The van der Waals surface area contributed by atoms with Crippen molar-refractivity contribution >= 4 is 144 Å². The van der Waals surface area contributed by atoms with Gasteiger partial charge < -0.3 is 59.3 Å². The first-order valence-electron chi connectivity index (χ1n) is 42.1. The van der Waals surface area contributed by atoms with E-state index in [4.69, 9.17) is 51.1 Å². The van der Waals surface area contributed by atoms with Crippen molar-refractivity contribution in [3.05, 3.63) is 227 Å². The molecule has 664 valence electrons. The third-order valence-electron chi connectivity index (χ3n) is 23.8. The van der Waals surface area contributed by atoms with Crippen molar-refractivity contribution in [1.29, 1.82) is 0 Å². The summed E-state index contributed by atoms with van der Waals surface area (Å²) in [6, 6.07) is 21.2. The van der Waals surface area contributed by atoms with E-state index in [1.54, 1.807) is 85.1 Å². The number of nitrogens with one attached hydrogen (secondary N) is 8. The van der Waals surface area contributed by atoms with Crippen LogP contribution in [-0.2, 0) is 0 Å². The summed E-state index contributed by atoms with van der Waals surface area (Å²) in [4.78, 5) is 220. The van der Waals surface area contributed by atoms with E-state index in [2.05, 4.69) is 86.4 Å². The monoisotopic (exact) mass is 1830 g/mol. The number of imide groups is 4. The summed E-state index contributed by atoms with van der Waals surface area (Å²) in [5.41, 5.74) is 7.84. The highest BCUT2D eigenvalue weighted by molar-refractivity contribution is 6.35. The second kappa shape index (κ2) is 38.0. The number of likely N-dealkylation sites (N-methyl/N-ethyl adjacent to an activating group) is 1. The van der Waals surface area contributed by atoms with Crippen LogP contribution in [0, 0.1) is 6.92 Å². The SMILES string of the molecule is CCN1CCC[C@H]1CN1C(=O)c2cc3nc(-c4c(Cl)cc[nH]c4=O)[nH]c3cc2C1=O.CN(C)CCCN1C(=O)c2cc3nc(-c4c(Cl)cc[nH]c4=O)[nH]c3cc2C1=O.COc1nccc(C)c1C=O.O=C1c2cc3nc(-c4c(Cl)cc[nH]c4=O)[nH]c3cc2C(=O)N1CCCCN1CCCC1.O=C1c2cc3nc(-c4c(Cl)cc[nH]c4=O)[nH]c3cc2C(=O)N1CCN1CCCC1. The molecule has 20 rings (SSSR count). The molecule has 8 N–H and O–H groups in total. The number of pyridine rings is 5. The van der Waals surface area contributed by atoms with E-state index in [0.29, 0.717) is 157 Å². The average molecular weight is 1830 g/mol. The van der Waals surface area contributed by atoms with Crippen molar-refractivity contribution < 1.29 is 47.9 Å². The van der Waals surface area contributed by atoms with Gasteiger partial charge in [-0.25, -0.2) is 24.9 Å². The number of halogens is 4. The maximum absolute atomic E-state index is 13.0. The fraction of sp³-hybridized carbons (Fsp3) is 0.311. The number of benzene rings is 4. The predicted octanol–water partition coefficient (Wildman–Crippen LogP) is 11.3. The first-order chi connectivity index (χ1) is 62.2. The summed E-state index contributed by atoms with van der Waals surface area (Å²) in [6.07, 6.45) is 17.6. The molecule has 4 aromatic carbocycles. The second-order valence-electron chi connectivity index (χ2n) is 32.2. The third-order valence-corrected chi connectivity index (χ3v) is 25.0. The molecule has 9 aromatic heterocycles. The zero-order chi connectivity index (χ0) is 90.9. The van der Waals surface area contributed by atoms with E-state index in [1.807, 2.05) is 25.9 Å². The fourth-order valence-corrected chi connectivity index (χ4v) is 18.1. The van der Waals surface area contributed by atoms with Crippen LogP contribution in [0.4, 0.5) is 0 Å². The molecule has 0 unspecified atom stereocenters. The number of carbonyl (C=O) groups excluding carboxylic acids is 9. The zero-order valence-electron chi connectivity index (χ0n) is 70.6. The number of aromatic nitrogens is 13. The molecule has 16 heterocycles. The van der Waals surface area contributed by atoms with Gasteiger partial charge in [0.1, 0.15) is 45.6 Å². The number of unbranched alkanes of at least 4 members (excludes halogenated alkanes) is 1. The number of fused-ring (bicyclic) bond motifs is 8. The van der Waals surface area contributed by atoms with Crippen LogP contribution >= 0.6 is 46.4 Å². The number of aryl methyl sites for hydroxylation is 1. The first-order valence-corrected chi connectivity index (χ1v) is 43.6. The number of hydrogen-bond donors (Lipinski definition) is 8. The molecule has 0 bridgehead atoms. The van der Waals surface area contributed by atoms with Crippen LogP contribution in [0.2, 0.25) is 20.1 Å². The number of ether oxygens (including phenoxy) is 1. The first kappa shape index (κ1) is 89.1. The summed E-state index contributed by atoms with van der Waals surface area (Å²) in [5, 5.41) is 1.05. The molecule has 39 heteroatoms. The van der Waals surface area contributed by atoms with E-state index >= 15 is 0 Å². The summed E-state index contributed by atoms with van der Waals surface area (Å²) < 4.78 is 4.87. The highest BCUT2D eigenvalue weighted by atomic mass is 35.5. The molecule has 0 radical (unpaired) electrons. The second-order valence-corrected chi connectivity index (χ2v) is 33.8. The van der Waals surface area contributed by atoms with Crippen LogP contribution in [0.25, 0.3) is 89.7 Å². The average Bonchev–Trinajstić information content (AvgIpc) is 1.61. The van der Waals surface area contributed by atoms with E-state index in [0.717, 1.165) is 103 Å². The zero-order valence-corrected chi connectivity index (χ0v) is 73.7. The van der Waals surface area contributed by atoms with E-state index < -0.39 is 0 Å². The van der Waals surface area contributed by atoms with Gasteiger partial charge >= 0.3 is 0 Å². The molecule has 7 aliphatic heterocycles. The van der Waals surface area contributed by atoms with E-state index in [1.165, 1.54) is 64.3 Å². The number of methoxy groups -OCH3 is 1. The lowest BCUT2D eigenvalue weighted by Gasteiger charge is -2.26. The maximum atomic E-state index is 13.0. The summed E-state index contributed by atoms with van der Waals surface area (Å²) >= 11 is 24.6. The van der Waals surface area contributed by atoms with Gasteiger partial charge in [-0.15, -0.1) is 0 Å². The molecular weight excluding hydrogens is 1740 g/mol. The van der Waals surface area contributed by atoms with Crippen LogP contribution in [0.15, 0.2) is 129 Å². The molecule has 0 aliphatic carbocycles. The Kier molecular flexibility index (Phi) is 26.2. The van der Waals surface area contributed by atoms with Crippen LogP contribution in [0.3, 0.4) is 0 Å². The van der Waals surface area contributed by atoms with Gasteiger partial charge in [0.2, 0.25) is 5.88 Å². The normalized spacial score (nSPS) is 16.1. The van der Waals surface area contributed by atoms with Crippen LogP contribution in [0.5, 0.6) is 5.88 Å². The smallest absolute Gasteiger partial charge is 0.261 e. The van der Waals surface area contributed by atoms with Crippen molar-refractivity contribution in [2.24, 2.45) is 0 Å². The Hall–Kier alpha value is -13.3. The van der Waals surface area contributed by atoms with Crippen molar-refractivity contribution in [3.63, 3.8) is 0 Å². The van der Waals surface area contributed by atoms with Crippen LogP contribution < -0.4 is 27.0 Å². The number of rotatable bonds is 21. The van der Waals surface area contributed by atoms with Gasteiger partial charge in [0.25, 0.3) is 69.5 Å². The number of imidazole rings is 4. The minimum Gasteiger partial charge on any atom is -0.480 e. The summed E-state index contributed by atoms with van der Waals surface area (Å²) in [7, 11) is 5.38. The standard InChI is InChI=1S/C22H22ClN5O3.C21H20ClN5O3.C20H18ClN5O3.C19H18ClN5O3.C8H9NO2/c23-15-5-6-24-20(29)18(15)19-25-16-11-13-14(12-17(16)26-19)22(31)28(21(13)30)10-4-3-9-27-7-1-2-8-27;1-2-26-7-3-4-11(26)10-27-20(29)12-8-15-16(9-13(12)21(27)30)25-18(24-15)17-14(22)5-6-23-19(17)28;21-13-3-4-22-18(27)16(13)17-23-14-9-11-12(10-15(14)24-17)20(29)26(19(11)28)8-7-25-5-1-2-6-25;1-24(2)6-3-7-25-18(27)10-8-13-14(9-11(10)19(25)28)23-16(22-13)15-12(20)4-5-21-17(15)26;1-6-3-4-9-8(11-2)7(6)5-10/h5-6,11-12H,1-4,7-10H2,(H,24,29)(H,25,26);5-6,8-9,11H,2-4,7,10H2,1H3,(H,23,28)(H,24,25);3-4,9-10H,1-2,5-8H2,(H,22,27)(H,23,24);4-5,8-9H,3,6-7H2,1-2H3,(H,21,26)(H,22,23);3-5H,1-2H3/t;11-;;;/m.0.../s1. The van der Waals surface area contributed by atoms with Gasteiger partial charge in [0, 0.05) is 69.7 Å². The lowest BCUT2D eigenvalue weighted by Crippen LogP contribution is -2.42. The van der Waals surface area contributed by atoms with Crippen molar-refractivity contribution in [2.45, 2.75) is 77.7 Å². The number of carbonyl (C=O) groups is 9. The molecule has 3 fully saturated rings. The molecule has 35 nitrogen and oxygen atoms in total. The third kappa shape index (κ3) is 18.0. The summed E-state index contributed by atoms with van der Waals surface area (Å²) in [6.45, 7) is 14.2. The van der Waals surface area contributed by atoms with Crippen LogP contribution in [-0.4, -0.2) is 270 Å². The Morgan fingerprint density at radius 1 is 0.426 bits per heavy atom.